The Hall–Kier alpha value is -2.72. The van der Waals surface area contributed by atoms with Crippen LogP contribution in [0.4, 0.5) is 10.5 Å². The maximum absolute atomic E-state index is 13.0. The summed E-state index contributed by atoms with van der Waals surface area (Å²) in [6.07, 6.45) is 2.93. The Morgan fingerprint density at radius 2 is 1.90 bits per heavy atom. The summed E-state index contributed by atoms with van der Waals surface area (Å²) >= 11 is 6.13. The molecule has 0 saturated heterocycles. The zero-order valence-electron chi connectivity index (χ0n) is 17.2. The zero-order valence-corrected chi connectivity index (χ0v) is 18.0. The number of nitrogens with zero attached hydrogens (tertiary/aromatic N) is 2. The van der Waals surface area contributed by atoms with Crippen molar-refractivity contribution in [3.05, 3.63) is 88.7 Å². The Morgan fingerprint density at radius 1 is 1.14 bits per heavy atom. The number of nitrogens with one attached hydrogen (secondary N) is 1. The lowest BCUT2D eigenvalue weighted by Gasteiger charge is -2.29. The molecule has 0 bridgehead atoms. The van der Waals surface area contributed by atoms with Gasteiger partial charge in [0, 0.05) is 35.2 Å². The van der Waals surface area contributed by atoms with Gasteiger partial charge in [-0.2, -0.15) is 0 Å². The van der Waals surface area contributed by atoms with Crippen molar-refractivity contribution in [2.45, 2.75) is 46.3 Å². The lowest BCUT2D eigenvalue weighted by atomic mass is 10.2. The van der Waals surface area contributed by atoms with Crippen LogP contribution >= 0.6 is 11.6 Å². The number of hydrogen-bond donors (Lipinski definition) is 1. The summed E-state index contributed by atoms with van der Waals surface area (Å²) in [6.45, 7) is 7.48. The summed E-state index contributed by atoms with van der Waals surface area (Å²) in [7, 11) is 0. The van der Waals surface area contributed by atoms with Gasteiger partial charge >= 0.3 is 6.03 Å². The standard InChI is InChI=1S/C24H28ClN3O/c1-4-19(3)28(24(29)26-22-12-10-18(2)11-13-22)17-23-9-6-14-27(23)16-20-7-5-8-21(25)15-20/h5-15,19H,4,16-17H2,1-3H3,(H,26,29)/t19-/m1/s1. The van der Waals surface area contributed by atoms with E-state index in [1.807, 2.05) is 66.6 Å². The van der Waals surface area contributed by atoms with E-state index in [1.165, 1.54) is 5.56 Å². The third-order valence-electron chi connectivity index (χ3n) is 5.18. The summed E-state index contributed by atoms with van der Waals surface area (Å²) in [4.78, 5) is 14.9. The second kappa shape index (κ2) is 9.66. The van der Waals surface area contributed by atoms with Crippen LogP contribution in [0.5, 0.6) is 0 Å². The molecule has 0 unspecified atom stereocenters. The van der Waals surface area contributed by atoms with E-state index in [2.05, 4.69) is 35.9 Å². The molecule has 0 aliphatic heterocycles. The number of halogens is 1. The molecule has 3 aromatic rings. The highest BCUT2D eigenvalue weighted by Crippen LogP contribution is 2.18. The second-order valence-electron chi connectivity index (χ2n) is 7.44. The number of amides is 2. The van der Waals surface area contributed by atoms with Crippen molar-refractivity contribution in [3.8, 4) is 0 Å². The maximum atomic E-state index is 13.0. The molecule has 0 aliphatic carbocycles. The molecule has 0 radical (unpaired) electrons. The predicted octanol–water partition coefficient (Wildman–Crippen LogP) is 6.33. The number of rotatable bonds is 7. The quantitative estimate of drug-likeness (QED) is 0.486. The summed E-state index contributed by atoms with van der Waals surface area (Å²) in [5.74, 6) is 0. The minimum Gasteiger partial charge on any atom is -0.345 e. The van der Waals surface area contributed by atoms with E-state index in [4.69, 9.17) is 11.6 Å². The first kappa shape index (κ1) is 21.0. The molecule has 29 heavy (non-hydrogen) atoms. The van der Waals surface area contributed by atoms with Crippen LogP contribution < -0.4 is 5.32 Å². The summed E-state index contributed by atoms with van der Waals surface area (Å²) < 4.78 is 2.17. The SMILES string of the molecule is CC[C@@H](C)N(Cc1cccn1Cc1cccc(Cl)c1)C(=O)Nc1ccc(C)cc1. The maximum Gasteiger partial charge on any atom is 0.322 e. The van der Waals surface area contributed by atoms with Crippen molar-refractivity contribution < 1.29 is 4.79 Å². The van der Waals surface area contributed by atoms with Gasteiger partial charge in [-0.15, -0.1) is 0 Å². The summed E-state index contributed by atoms with van der Waals surface area (Å²) in [6, 6.07) is 19.9. The molecule has 0 saturated carbocycles. The molecule has 2 amide bonds. The van der Waals surface area contributed by atoms with E-state index in [0.29, 0.717) is 6.54 Å². The lowest BCUT2D eigenvalue weighted by Crippen LogP contribution is -2.41. The van der Waals surface area contributed by atoms with Gasteiger partial charge in [-0.25, -0.2) is 4.79 Å². The zero-order chi connectivity index (χ0) is 20.8. The Balaban J connectivity index is 1.76. The molecule has 0 aliphatic rings. The summed E-state index contributed by atoms with van der Waals surface area (Å²) in [5.41, 5.74) is 4.20. The average Bonchev–Trinajstić information content (AvgIpc) is 3.14. The molecule has 0 spiro atoms. The minimum absolute atomic E-state index is 0.0845. The van der Waals surface area contributed by atoms with E-state index in [-0.39, 0.29) is 12.1 Å². The fourth-order valence-electron chi connectivity index (χ4n) is 3.23. The number of aryl methyl sites for hydroxylation is 1. The van der Waals surface area contributed by atoms with Gasteiger partial charge in [0.2, 0.25) is 0 Å². The lowest BCUT2D eigenvalue weighted by molar-refractivity contribution is 0.185. The average molecular weight is 410 g/mol. The van der Waals surface area contributed by atoms with Crippen molar-refractivity contribution in [2.24, 2.45) is 0 Å². The Morgan fingerprint density at radius 3 is 2.59 bits per heavy atom. The molecule has 3 rings (SSSR count). The van der Waals surface area contributed by atoms with Crippen molar-refractivity contribution >= 4 is 23.3 Å². The van der Waals surface area contributed by atoms with E-state index in [0.717, 1.165) is 34.9 Å². The van der Waals surface area contributed by atoms with Crippen LogP contribution in [0.2, 0.25) is 5.02 Å². The van der Waals surface area contributed by atoms with E-state index < -0.39 is 0 Å². The van der Waals surface area contributed by atoms with Gasteiger partial charge in [0.15, 0.2) is 0 Å². The topological polar surface area (TPSA) is 37.3 Å². The number of aromatic nitrogens is 1. The Bertz CT molecular complexity index is 949. The van der Waals surface area contributed by atoms with Gasteiger partial charge < -0.3 is 14.8 Å². The van der Waals surface area contributed by atoms with Crippen LogP contribution in [-0.4, -0.2) is 21.5 Å². The van der Waals surface area contributed by atoms with E-state index in [9.17, 15) is 4.79 Å². The number of urea groups is 1. The molecule has 1 N–H and O–H groups in total. The third kappa shape index (κ3) is 5.64. The van der Waals surface area contributed by atoms with Gasteiger partial charge in [-0.3, -0.25) is 0 Å². The summed E-state index contributed by atoms with van der Waals surface area (Å²) in [5, 5.41) is 3.77. The monoisotopic (exact) mass is 409 g/mol. The van der Waals surface area contributed by atoms with Gasteiger partial charge in [0.25, 0.3) is 0 Å². The first-order chi connectivity index (χ1) is 14.0. The van der Waals surface area contributed by atoms with Crippen LogP contribution in [0.3, 0.4) is 0 Å². The Labute approximate surface area is 178 Å². The van der Waals surface area contributed by atoms with Crippen molar-refractivity contribution in [3.63, 3.8) is 0 Å². The molecule has 152 valence electrons. The number of carbonyl (C=O) groups excluding carboxylic acids is 1. The van der Waals surface area contributed by atoms with Crippen molar-refractivity contribution in [1.29, 1.82) is 0 Å². The van der Waals surface area contributed by atoms with Gasteiger partial charge in [-0.05, 0) is 62.2 Å². The first-order valence-corrected chi connectivity index (χ1v) is 10.4. The van der Waals surface area contributed by atoms with Crippen LogP contribution in [0.1, 0.15) is 37.1 Å². The normalized spacial score (nSPS) is 11.9. The molecule has 5 heteroatoms. The minimum atomic E-state index is -0.0845. The van der Waals surface area contributed by atoms with Crippen LogP contribution in [0, 0.1) is 6.92 Å². The fraction of sp³-hybridized carbons (Fsp3) is 0.292. The molecule has 2 aromatic carbocycles. The molecular weight excluding hydrogens is 382 g/mol. The molecule has 0 fully saturated rings. The second-order valence-corrected chi connectivity index (χ2v) is 7.88. The van der Waals surface area contributed by atoms with E-state index >= 15 is 0 Å². The van der Waals surface area contributed by atoms with Crippen LogP contribution in [0.25, 0.3) is 0 Å². The first-order valence-electron chi connectivity index (χ1n) is 9.99. The highest BCUT2D eigenvalue weighted by atomic mass is 35.5. The van der Waals surface area contributed by atoms with Gasteiger partial charge in [0.1, 0.15) is 0 Å². The largest absolute Gasteiger partial charge is 0.345 e. The number of anilines is 1. The van der Waals surface area contributed by atoms with Gasteiger partial charge in [-0.1, -0.05) is 48.4 Å². The van der Waals surface area contributed by atoms with Crippen molar-refractivity contribution in [1.82, 2.24) is 9.47 Å². The number of benzene rings is 2. The molecule has 4 nitrogen and oxygen atoms in total. The fourth-order valence-corrected chi connectivity index (χ4v) is 3.45. The molecule has 1 heterocycles. The molecule has 1 atom stereocenters. The van der Waals surface area contributed by atoms with Crippen molar-refractivity contribution in [2.75, 3.05) is 5.32 Å². The molecule has 1 aromatic heterocycles. The van der Waals surface area contributed by atoms with Crippen LogP contribution in [-0.2, 0) is 13.1 Å². The van der Waals surface area contributed by atoms with E-state index in [1.54, 1.807) is 0 Å². The number of carbonyl (C=O) groups is 1. The highest BCUT2D eigenvalue weighted by Gasteiger charge is 2.21. The third-order valence-corrected chi connectivity index (χ3v) is 5.42. The highest BCUT2D eigenvalue weighted by molar-refractivity contribution is 6.30. The Kier molecular flexibility index (Phi) is 6.99. The number of hydrogen-bond acceptors (Lipinski definition) is 1. The van der Waals surface area contributed by atoms with Crippen LogP contribution in [0.15, 0.2) is 66.9 Å². The molecular formula is C24H28ClN3O. The predicted molar refractivity (Wildman–Crippen MR) is 120 cm³/mol. The van der Waals surface area contributed by atoms with Gasteiger partial charge in [0.05, 0.1) is 6.54 Å². The smallest absolute Gasteiger partial charge is 0.322 e.